The molecule has 0 bridgehead atoms. The quantitative estimate of drug-likeness (QED) is 0.740. The molecule has 1 saturated heterocycles. The van der Waals surface area contributed by atoms with E-state index in [2.05, 4.69) is 52.8 Å². The number of fused-ring (bicyclic) bond motifs is 5. The Balaban J connectivity index is 1.42. The van der Waals surface area contributed by atoms with Gasteiger partial charge in [-0.05, 0) is 106 Å². The minimum Gasteiger partial charge on any atom is -0.399 e. The molecule has 3 aliphatic carbocycles. The molecule has 4 heteroatoms. The van der Waals surface area contributed by atoms with Gasteiger partial charge in [0.25, 0.3) is 0 Å². The lowest BCUT2D eigenvalue weighted by Crippen LogP contribution is -2.44. The fourth-order valence-electron chi connectivity index (χ4n) is 6.70. The number of benzene rings is 1. The normalized spacial score (nSPS) is 40.7. The second kappa shape index (κ2) is 6.09. The highest BCUT2D eigenvalue weighted by atomic mass is 16.7. The van der Waals surface area contributed by atoms with Gasteiger partial charge in [-0.1, -0.05) is 25.1 Å². The Morgan fingerprint density at radius 2 is 1.68 bits per heavy atom. The van der Waals surface area contributed by atoms with Crippen molar-refractivity contribution < 1.29 is 14.4 Å². The number of hydrogen-bond donors (Lipinski definition) is 1. The van der Waals surface area contributed by atoms with E-state index in [9.17, 15) is 5.11 Å². The lowest BCUT2D eigenvalue weighted by Gasteiger charge is -2.50. The van der Waals surface area contributed by atoms with Gasteiger partial charge in [-0.25, -0.2) is 0 Å². The van der Waals surface area contributed by atoms with Gasteiger partial charge in [-0.15, -0.1) is 0 Å². The molecular weight excluding hydrogens is 347 g/mol. The van der Waals surface area contributed by atoms with Crippen LogP contribution in [0.2, 0.25) is 0 Å². The van der Waals surface area contributed by atoms with Crippen LogP contribution in [0.3, 0.4) is 0 Å². The van der Waals surface area contributed by atoms with Gasteiger partial charge >= 0.3 is 7.12 Å². The molecule has 0 aromatic heterocycles. The summed E-state index contributed by atoms with van der Waals surface area (Å²) in [7, 11) is -0.271. The van der Waals surface area contributed by atoms with Crippen molar-refractivity contribution in [2.45, 2.75) is 96.4 Å². The summed E-state index contributed by atoms with van der Waals surface area (Å²) < 4.78 is 12.6. The van der Waals surface area contributed by atoms with Gasteiger partial charge in [0.1, 0.15) is 0 Å². The third-order valence-electron chi connectivity index (χ3n) is 9.23. The molecule has 5 rings (SSSR count). The molecule has 3 fully saturated rings. The molecule has 0 radical (unpaired) electrons. The van der Waals surface area contributed by atoms with E-state index < -0.39 is 0 Å². The zero-order valence-electron chi connectivity index (χ0n) is 18.1. The molecule has 4 aliphatic rings. The molecule has 1 aromatic rings. The second-order valence-electron chi connectivity index (χ2n) is 11.1. The van der Waals surface area contributed by atoms with Crippen molar-refractivity contribution in [2.75, 3.05) is 0 Å². The third-order valence-corrected chi connectivity index (χ3v) is 9.23. The molecule has 2 saturated carbocycles. The largest absolute Gasteiger partial charge is 0.494 e. The predicted octanol–water partition coefficient (Wildman–Crippen LogP) is 4.20. The fraction of sp³-hybridized carbons (Fsp3) is 0.750. The first-order valence-corrected chi connectivity index (χ1v) is 11.3. The van der Waals surface area contributed by atoms with E-state index in [1.54, 1.807) is 5.56 Å². The van der Waals surface area contributed by atoms with Crippen molar-refractivity contribution >= 4 is 12.6 Å². The van der Waals surface area contributed by atoms with Crippen molar-refractivity contribution in [3.63, 3.8) is 0 Å². The smallest absolute Gasteiger partial charge is 0.399 e. The predicted molar refractivity (Wildman–Crippen MR) is 113 cm³/mol. The summed E-state index contributed by atoms with van der Waals surface area (Å²) in [5.41, 5.74) is 3.77. The highest BCUT2D eigenvalue weighted by molar-refractivity contribution is 6.62. The van der Waals surface area contributed by atoms with Crippen molar-refractivity contribution in [2.24, 2.45) is 17.3 Å². The van der Waals surface area contributed by atoms with E-state index in [4.69, 9.17) is 9.31 Å². The average molecular weight is 382 g/mol. The maximum absolute atomic E-state index is 10.6. The molecule has 0 amide bonds. The topological polar surface area (TPSA) is 38.7 Å². The molecule has 0 spiro atoms. The van der Waals surface area contributed by atoms with Crippen molar-refractivity contribution in [3.8, 4) is 0 Å². The Morgan fingerprint density at radius 1 is 0.964 bits per heavy atom. The van der Waals surface area contributed by atoms with E-state index in [0.29, 0.717) is 11.8 Å². The summed E-state index contributed by atoms with van der Waals surface area (Å²) in [6, 6.07) is 6.95. The number of aliphatic hydroxyl groups is 1. The van der Waals surface area contributed by atoms with Crippen LogP contribution in [-0.4, -0.2) is 29.5 Å². The Hall–Kier alpha value is -0.835. The van der Waals surface area contributed by atoms with Gasteiger partial charge in [-0.3, -0.25) is 0 Å². The monoisotopic (exact) mass is 382 g/mol. The van der Waals surface area contributed by atoms with Gasteiger partial charge in [-0.2, -0.15) is 0 Å². The molecule has 3 nitrogen and oxygen atoms in total. The van der Waals surface area contributed by atoms with Crippen LogP contribution in [0.4, 0.5) is 0 Å². The van der Waals surface area contributed by atoms with Crippen LogP contribution in [0, 0.1) is 17.3 Å². The van der Waals surface area contributed by atoms with Gasteiger partial charge in [0.2, 0.25) is 0 Å². The number of aryl methyl sites for hydroxylation is 1. The van der Waals surface area contributed by atoms with Crippen LogP contribution in [0.25, 0.3) is 0 Å². The van der Waals surface area contributed by atoms with E-state index in [0.717, 1.165) is 24.2 Å². The van der Waals surface area contributed by atoms with Gasteiger partial charge in [0.15, 0.2) is 0 Å². The summed E-state index contributed by atoms with van der Waals surface area (Å²) in [6.45, 7) is 10.8. The second-order valence-corrected chi connectivity index (χ2v) is 11.1. The Kier molecular flexibility index (Phi) is 4.16. The van der Waals surface area contributed by atoms with Crippen molar-refractivity contribution in [1.82, 2.24) is 0 Å². The van der Waals surface area contributed by atoms with Gasteiger partial charge in [0, 0.05) is 0 Å². The highest BCUT2D eigenvalue weighted by Gasteiger charge is 2.55. The summed E-state index contributed by atoms with van der Waals surface area (Å²) in [5, 5.41) is 10.6. The van der Waals surface area contributed by atoms with Crippen molar-refractivity contribution in [3.05, 3.63) is 29.3 Å². The van der Waals surface area contributed by atoms with E-state index >= 15 is 0 Å². The van der Waals surface area contributed by atoms with Crippen molar-refractivity contribution in [1.29, 1.82) is 0 Å². The Bertz CT molecular complexity index is 772. The Labute approximate surface area is 170 Å². The molecule has 1 unspecified atom stereocenters. The van der Waals surface area contributed by atoms with Crippen LogP contribution in [-0.2, 0) is 15.7 Å². The van der Waals surface area contributed by atoms with Crippen LogP contribution >= 0.6 is 0 Å². The number of hydrogen-bond acceptors (Lipinski definition) is 3. The molecule has 1 aromatic carbocycles. The molecule has 28 heavy (non-hydrogen) atoms. The molecule has 152 valence electrons. The summed E-state index contributed by atoms with van der Waals surface area (Å²) in [4.78, 5) is 0. The molecule has 1 aliphatic heterocycles. The third kappa shape index (κ3) is 2.60. The Morgan fingerprint density at radius 3 is 2.39 bits per heavy atom. The minimum atomic E-state index is -0.296. The first-order valence-electron chi connectivity index (χ1n) is 11.3. The number of rotatable bonds is 1. The minimum absolute atomic E-state index is 0.0920. The molecule has 1 heterocycles. The lowest BCUT2D eigenvalue weighted by atomic mass is 9.55. The first-order chi connectivity index (χ1) is 13.1. The summed E-state index contributed by atoms with van der Waals surface area (Å²) in [5.74, 6) is 2.10. The SMILES string of the molecule is CC1(C)OB(c2ccc3c(c2)CC[C@@H]2C3CC[C@]3(C)[C@@H](O)CC[C@@H]23)OC1(C)C. The fourth-order valence-corrected chi connectivity index (χ4v) is 6.70. The molecular formula is C24H35BO3. The summed E-state index contributed by atoms with van der Waals surface area (Å²) >= 11 is 0. The van der Waals surface area contributed by atoms with Gasteiger partial charge in [0.05, 0.1) is 17.3 Å². The molecule has 5 atom stereocenters. The standard InChI is InChI=1S/C24H35BO3/c1-22(2)23(3,4)28-25(27-22)16-7-9-17-15(14-16)6-8-19-18(17)12-13-24(5)20(19)10-11-21(24)26/h7,9,14,18-21,26H,6,8,10-13H2,1-5H3/t18?,19-,20+,21+,24+/m1/s1. The number of aliphatic hydroxyl groups excluding tert-OH is 1. The zero-order chi connectivity index (χ0) is 19.9. The van der Waals surface area contributed by atoms with Crippen LogP contribution < -0.4 is 5.46 Å². The van der Waals surface area contributed by atoms with Crippen LogP contribution in [0.5, 0.6) is 0 Å². The maximum Gasteiger partial charge on any atom is 0.494 e. The van der Waals surface area contributed by atoms with Crippen LogP contribution in [0.1, 0.15) is 83.8 Å². The first kappa shape index (κ1) is 19.1. The van der Waals surface area contributed by atoms with Crippen LogP contribution in [0.15, 0.2) is 18.2 Å². The summed E-state index contributed by atoms with van der Waals surface area (Å²) in [6.07, 6.45) is 6.91. The average Bonchev–Trinajstić information content (AvgIpc) is 3.06. The zero-order valence-corrected chi connectivity index (χ0v) is 18.1. The van der Waals surface area contributed by atoms with E-state index in [1.165, 1.54) is 31.2 Å². The van der Waals surface area contributed by atoms with E-state index in [1.807, 2.05) is 0 Å². The van der Waals surface area contributed by atoms with Gasteiger partial charge < -0.3 is 14.4 Å². The van der Waals surface area contributed by atoms with E-state index in [-0.39, 0.29) is 29.8 Å². The highest BCUT2D eigenvalue weighted by Crippen LogP contribution is 2.60. The molecule has 1 N–H and O–H groups in total. The lowest BCUT2D eigenvalue weighted by molar-refractivity contribution is -0.0226. The maximum atomic E-state index is 10.6.